The molecule has 0 aromatic heterocycles. The zero-order valence-electron chi connectivity index (χ0n) is 16.5. The molecule has 0 amide bonds. The van der Waals surface area contributed by atoms with Crippen LogP contribution in [0.3, 0.4) is 0 Å². The highest BCUT2D eigenvalue weighted by molar-refractivity contribution is 6.74. The van der Waals surface area contributed by atoms with E-state index in [9.17, 15) is 0 Å². The van der Waals surface area contributed by atoms with Gasteiger partial charge in [-0.05, 0) is 36.3 Å². The fourth-order valence-electron chi connectivity index (χ4n) is 2.84. The third-order valence-electron chi connectivity index (χ3n) is 5.53. The Kier molecular flexibility index (Phi) is 5.49. The smallest absolute Gasteiger partial charge is 0.193 e. The molecule has 144 valence electrons. The minimum Gasteiger partial charge on any atom is -0.497 e. The molecule has 1 fully saturated rings. The standard InChI is InChI=1S/C20H30O5Si/c1-20(2,3)26(5,6)25-16-11-12-22-17-13-23-19(24-18(16)17)14-7-9-15(21-4)10-8-14/h7-12,16-19H,13H2,1-6H3/t16-,17-,18+,19-/m1/s1. The minimum absolute atomic E-state index is 0.126. The maximum atomic E-state index is 6.60. The molecule has 2 aliphatic heterocycles. The first-order valence-corrected chi connectivity index (χ1v) is 12.0. The molecule has 1 saturated heterocycles. The maximum Gasteiger partial charge on any atom is 0.193 e. The van der Waals surface area contributed by atoms with Gasteiger partial charge in [0.25, 0.3) is 0 Å². The molecule has 0 bridgehead atoms. The molecule has 4 atom stereocenters. The second-order valence-electron chi connectivity index (χ2n) is 8.38. The quantitative estimate of drug-likeness (QED) is 0.726. The number of ether oxygens (including phenoxy) is 4. The van der Waals surface area contributed by atoms with Crippen LogP contribution in [0.1, 0.15) is 32.6 Å². The van der Waals surface area contributed by atoms with E-state index in [1.54, 1.807) is 13.4 Å². The Bertz CT molecular complexity index is 635. The highest BCUT2D eigenvalue weighted by Gasteiger charge is 2.46. The third-order valence-corrected chi connectivity index (χ3v) is 10.0. The second-order valence-corrected chi connectivity index (χ2v) is 13.1. The molecule has 0 saturated carbocycles. The molecule has 6 heteroatoms. The highest BCUT2D eigenvalue weighted by Crippen LogP contribution is 2.40. The number of hydrogen-bond acceptors (Lipinski definition) is 5. The third kappa shape index (κ3) is 3.98. The van der Waals surface area contributed by atoms with Crippen molar-refractivity contribution in [3.05, 3.63) is 42.2 Å². The van der Waals surface area contributed by atoms with Crippen LogP contribution in [0.15, 0.2) is 36.6 Å². The molecule has 2 aliphatic rings. The van der Waals surface area contributed by atoms with E-state index >= 15 is 0 Å². The van der Waals surface area contributed by atoms with Gasteiger partial charge in [-0.2, -0.15) is 0 Å². The van der Waals surface area contributed by atoms with Gasteiger partial charge in [0.15, 0.2) is 20.7 Å². The van der Waals surface area contributed by atoms with Crippen LogP contribution >= 0.6 is 0 Å². The molecule has 5 nitrogen and oxygen atoms in total. The molecule has 0 radical (unpaired) electrons. The van der Waals surface area contributed by atoms with Crippen LogP contribution in [0.4, 0.5) is 0 Å². The Balaban J connectivity index is 1.75. The number of hydrogen-bond donors (Lipinski definition) is 0. The zero-order valence-corrected chi connectivity index (χ0v) is 17.5. The summed E-state index contributed by atoms with van der Waals surface area (Å²) in [6.45, 7) is 11.7. The topological polar surface area (TPSA) is 46.2 Å². The monoisotopic (exact) mass is 378 g/mol. The van der Waals surface area contributed by atoms with Crippen LogP contribution < -0.4 is 4.74 Å². The van der Waals surface area contributed by atoms with Crippen molar-refractivity contribution < 1.29 is 23.4 Å². The molecule has 0 unspecified atom stereocenters. The van der Waals surface area contributed by atoms with Crippen LogP contribution in [0.25, 0.3) is 0 Å². The molecule has 2 heterocycles. The average molecular weight is 379 g/mol. The summed E-state index contributed by atoms with van der Waals surface area (Å²) < 4.78 is 29.7. The van der Waals surface area contributed by atoms with E-state index in [2.05, 4.69) is 33.9 Å². The summed E-state index contributed by atoms with van der Waals surface area (Å²) in [6, 6.07) is 7.75. The van der Waals surface area contributed by atoms with E-state index in [4.69, 9.17) is 23.4 Å². The van der Waals surface area contributed by atoms with Crippen LogP contribution in [0.5, 0.6) is 5.75 Å². The molecular weight excluding hydrogens is 348 g/mol. The van der Waals surface area contributed by atoms with E-state index in [1.807, 2.05) is 30.3 Å². The number of rotatable bonds is 4. The lowest BCUT2D eigenvalue weighted by atomic mass is 10.0. The van der Waals surface area contributed by atoms with Crippen molar-refractivity contribution in [2.75, 3.05) is 13.7 Å². The van der Waals surface area contributed by atoms with Crippen molar-refractivity contribution in [2.24, 2.45) is 0 Å². The van der Waals surface area contributed by atoms with Gasteiger partial charge in [0, 0.05) is 5.56 Å². The molecule has 0 N–H and O–H groups in total. The average Bonchev–Trinajstić information content (AvgIpc) is 2.60. The van der Waals surface area contributed by atoms with E-state index in [1.165, 1.54) is 0 Å². The summed E-state index contributed by atoms with van der Waals surface area (Å²) in [7, 11) is -0.272. The Morgan fingerprint density at radius 2 is 1.81 bits per heavy atom. The van der Waals surface area contributed by atoms with Gasteiger partial charge in [0.2, 0.25) is 0 Å². The van der Waals surface area contributed by atoms with Crippen molar-refractivity contribution >= 4 is 8.32 Å². The molecule has 0 spiro atoms. The van der Waals surface area contributed by atoms with Crippen LogP contribution in [0.2, 0.25) is 18.1 Å². The SMILES string of the molecule is COc1ccc([C@@H]2OC[C@H]3OC=C[C@@H](O[Si](C)(C)C(C)(C)C)[C@@H]3O2)cc1. The van der Waals surface area contributed by atoms with Crippen molar-refractivity contribution in [1.29, 1.82) is 0 Å². The summed E-state index contributed by atoms with van der Waals surface area (Å²) in [5, 5.41) is 0.134. The van der Waals surface area contributed by atoms with Crippen molar-refractivity contribution in [3.8, 4) is 5.75 Å². The Morgan fingerprint density at radius 3 is 2.42 bits per heavy atom. The maximum absolute atomic E-state index is 6.60. The van der Waals surface area contributed by atoms with E-state index in [-0.39, 0.29) is 23.4 Å². The second kappa shape index (κ2) is 7.35. The van der Waals surface area contributed by atoms with Crippen molar-refractivity contribution in [1.82, 2.24) is 0 Å². The van der Waals surface area contributed by atoms with Crippen LogP contribution in [-0.2, 0) is 18.6 Å². The van der Waals surface area contributed by atoms with Crippen molar-refractivity contribution in [3.63, 3.8) is 0 Å². The number of benzene rings is 1. The summed E-state index contributed by atoms with van der Waals surface area (Å²) in [5.74, 6) is 0.811. The van der Waals surface area contributed by atoms with Gasteiger partial charge >= 0.3 is 0 Å². The minimum atomic E-state index is -1.93. The molecule has 3 rings (SSSR count). The van der Waals surface area contributed by atoms with Gasteiger partial charge in [-0.25, -0.2) is 0 Å². The van der Waals surface area contributed by atoms with E-state index < -0.39 is 14.6 Å². The van der Waals surface area contributed by atoms with Crippen LogP contribution in [-0.4, -0.2) is 40.3 Å². The predicted molar refractivity (Wildman–Crippen MR) is 103 cm³/mol. The first-order chi connectivity index (χ1) is 12.2. The van der Waals surface area contributed by atoms with Gasteiger partial charge < -0.3 is 23.4 Å². The number of fused-ring (bicyclic) bond motifs is 1. The van der Waals surface area contributed by atoms with Gasteiger partial charge in [-0.15, -0.1) is 0 Å². The summed E-state index contributed by atoms with van der Waals surface area (Å²) in [6.07, 6.45) is 2.80. The molecule has 1 aromatic carbocycles. The van der Waals surface area contributed by atoms with Gasteiger partial charge in [-0.3, -0.25) is 0 Å². The Hall–Kier alpha value is -1.34. The molecule has 0 aliphatic carbocycles. The van der Waals surface area contributed by atoms with E-state index in [0.29, 0.717) is 6.61 Å². The molecule has 26 heavy (non-hydrogen) atoms. The highest BCUT2D eigenvalue weighted by atomic mass is 28.4. The lowest BCUT2D eigenvalue weighted by Crippen LogP contribution is -2.54. The molecule has 1 aromatic rings. The summed E-state index contributed by atoms with van der Waals surface area (Å²) in [5.41, 5.74) is 0.963. The fourth-order valence-corrected chi connectivity index (χ4v) is 4.09. The predicted octanol–water partition coefficient (Wildman–Crippen LogP) is 4.41. The van der Waals surface area contributed by atoms with Gasteiger partial charge in [-0.1, -0.05) is 32.9 Å². The summed E-state index contributed by atoms with van der Waals surface area (Å²) in [4.78, 5) is 0. The van der Waals surface area contributed by atoms with Gasteiger partial charge in [0.05, 0.1) is 26.1 Å². The lowest BCUT2D eigenvalue weighted by Gasteiger charge is -2.45. The largest absolute Gasteiger partial charge is 0.497 e. The molecular formula is C20H30O5Si. The Labute approximate surface area is 157 Å². The van der Waals surface area contributed by atoms with E-state index in [0.717, 1.165) is 11.3 Å². The first kappa shape index (κ1) is 19.4. The number of methoxy groups -OCH3 is 1. The fraction of sp³-hybridized carbons (Fsp3) is 0.600. The first-order valence-electron chi connectivity index (χ1n) is 9.12. The Morgan fingerprint density at radius 1 is 1.12 bits per heavy atom. The zero-order chi connectivity index (χ0) is 18.9. The summed E-state index contributed by atoms with van der Waals surface area (Å²) >= 11 is 0. The normalized spacial score (nSPS) is 29.0. The van der Waals surface area contributed by atoms with Crippen LogP contribution in [0, 0.1) is 0 Å². The van der Waals surface area contributed by atoms with Gasteiger partial charge in [0.1, 0.15) is 11.9 Å². The lowest BCUT2D eigenvalue weighted by molar-refractivity contribution is -0.274. The van der Waals surface area contributed by atoms with Crippen molar-refractivity contribution in [2.45, 2.75) is 63.5 Å².